The van der Waals surface area contributed by atoms with Crippen LogP contribution in [0.25, 0.3) is 0 Å². The Labute approximate surface area is 146 Å². The van der Waals surface area contributed by atoms with Crippen molar-refractivity contribution >= 4 is 11.6 Å². The third-order valence-electron chi connectivity index (χ3n) is 3.58. The molecule has 1 fully saturated rings. The molecule has 0 aromatic carbocycles. The summed E-state index contributed by atoms with van der Waals surface area (Å²) in [6.45, 7) is 3.53. The molecule has 0 unspecified atom stereocenters. The van der Waals surface area contributed by atoms with Gasteiger partial charge in [0.15, 0.2) is 5.82 Å². The molecule has 2 aromatic rings. The molecule has 9 heteroatoms. The highest BCUT2D eigenvalue weighted by Gasteiger charge is 2.16. The Hall–Kier alpha value is -2.65. The minimum atomic E-state index is 0.265. The van der Waals surface area contributed by atoms with Crippen molar-refractivity contribution in [1.82, 2.24) is 15.0 Å². The maximum Gasteiger partial charge on any atom is 0.320 e. The number of ether oxygens (including phenoxy) is 3. The van der Waals surface area contributed by atoms with Gasteiger partial charge in [-0.1, -0.05) is 6.07 Å². The first-order chi connectivity index (χ1) is 12.2. The van der Waals surface area contributed by atoms with Gasteiger partial charge in [0.2, 0.25) is 5.88 Å². The zero-order chi connectivity index (χ0) is 17.5. The molecule has 1 aliphatic heterocycles. The number of hydrazine groups is 1. The Morgan fingerprint density at radius 2 is 2.00 bits per heavy atom. The Balaban J connectivity index is 1.62. The number of nitrogens with zero attached hydrogens (tertiary/aromatic N) is 5. The number of morpholine rings is 1. The zero-order valence-electron chi connectivity index (χ0n) is 14.2. The lowest BCUT2D eigenvalue weighted by molar-refractivity contribution is 0.122. The summed E-state index contributed by atoms with van der Waals surface area (Å²) in [6, 6.07) is 7.58. The van der Waals surface area contributed by atoms with Crippen LogP contribution in [0.5, 0.6) is 11.9 Å². The van der Waals surface area contributed by atoms with E-state index in [1.54, 1.807) is 19.3 Å². The highest BCUT2D eigenvalue weighted by atomic mass is 16.5. The van der Waals surface area contributed by atoms with E-state index >= 15 is 0 Å². The molecule has 0 spiro atoms. The third kappa shape index (κ3) is 4.91. The van der Waals surface area contributed by atoms with E-state index in [1.807, 2.05) is 18.2 Å². The predicted molar refractivity (Wildman–Crippen MR) is 92.9 cm³/mol. The van der Waals surface area contributed by atoms with Crippen LogP contribution in [0.4, 0.5) is 11.6 Å². The summed E-state index contributed by atoms with van der Waals surface area (Å²) in [6.07, 6.45) is 1.68. The summed E-state index contributed by atoms with van der Waals surface area (Å²) in [4.78, 5) is 15.0. The SMILES string of the molecule is CN(N)c1cc(N2CCOCC2)nc(OCCOc2ccccn2)n1. The fourth-order valence-corrected chi connectivity index (χ4v) is 2.31. The van der Waals surface area contributed by atoms with Crippen LogP contribution < -0.4 is 25.2 Å². The molecule has 1 saturated heterocycles. The van der Waals surface area contributed by atoms with Gasteiger partial charge >= 0.3 is 6.01 Å². The molecule has 0 atom stereocenters. The van der Waals surface area contributed by atoms with E-state index in [0.29, 0.717) is 38.1 Å². The number of hydrogen-bond acceptors (Lipinski definition) is 9. The minimum Gasteiger partial charge on any atom is -0.474 e. The molecule has 2 aromatic heterocycles. The molecule has 3 heterocycles. The summed E-state index contributed by atoms with van der Waals surface area (Å²) < 4.78 is 16.5. The van der Waals surface area contributed by atoms with Gasteiger partial charge in [-0.05, 0) is 6.07 Å². The maximum absolute atomic E-state index is 5.82. The van der Waals surface area contributed by atoms with Crippen LogP contribution >= 0.6 is 0 Å². The van der Waals surface area contributed by atoms with Gasteiger partial charge in [0.1, 0.15) is 19.0 Å². The van der Waals surface area contributed by atoms with E-state index in [4.69, 9.17) is 20.1 Å². The zero-order valence-corrected chi connectivity index (χ0v) is 14.2. The van der Waals surface area contributed by atoms with E-state index < -0.39 is 0 Å². The lowest BCUT2D eigenvalue weighted by atomic mass is 10.4. The highest BCUT2D eigenvalue weighted by Crippen LogP contribution is 2.21. The molecule has 0 radical (unpaired) electrons. The van der Waals surface area contributed by atoms with Crippen molar-refractivity contribution in [2.45, 2.75) is 0 Å². The number of pyridine rings is 1. The van der Waals surface area contributed by atoms with E-state index in [9.17, 15) is 0 Å². The topological polar surface area (TPSA) is 98.9 Å². The fraction of sp³-hybridized carbons (Fsp3) is 0.438. The molecule has 134 valence electrons. The van der Waals surface area contributed by atoms with E-state index in [2.05, 4.69) is 19.9 Å². The average Bonchev–Trinajstić information content (AvgIpc) is 2.66. The smallest absolute Gasteiger partial charge is 0.320 e. The fourth-order valence-electron chi connectivity index (χ4n) is 2.31. The van der Waals surface area contributed by atoms with E-state index in [0.717, 1.165) is 18.9 Å². The van der Waals surface area contributed by atoms with Gasteiger partial charge in [-0.25, -0.2) is 10.8 Å². The monoisotopic (exact) mass is 346 g/mol. The second-order valence-electron chi connectivity index (χ2n) is 5.44. The third-order valence-corrected chi connectivity index (χ3v) is 3.58. The highest BCUT2D eigenvalue weighted by molar-refractivity contribution is 5.51. The Kier molecular flexibility index (Phi) is 5.81. The van der Waals surface area contributed by atoms with Gasteiger partial charge in [0, 0.05) is 38.5 Å². The van der Waals surface area contributed by atoms with Crippen LogP contribution in [0, 0.1) is 0 Å². The molecular weight excluding hydrogens is 324 g/mol. The normalized spacial score (nSPS) is 14.2. The maximum atomic E-state index is 5.82. The first-order valence-corrected chi connectivity index (χ1v) is 8.09. The largest absolute Gasteiger partial charge is 0.474 e. The molecule has 0 amide bonds. The van der Waals surface area contributed by atoms with Crippen LogP contribution in [0.15, 0.2) is 30.5 Å². The minimum absolute atomic E-state index is 0.265. The van der Waals surface area contributed by atoms with Gasteiger partial charge in [-0.15, -0.1) is 0 Å². The average molecular weight is 346 g/mol. The number of nitrogens with two attached hydrogens (primary N) is 1. The molecule has 0 bridgehead atoms. The van der Waals surface area contributed by atoms with Crippen molar-refractivity contribution in [2.24, 2.45) is 5.84 Å². The van der Waals surface area contributed by atoms with Crippen LogP contribution in [0.1, 0.15) is 0 Å². The molecule has 9 nitrogen and oxygen atoms in total. The van der Waals surface area contributed by atoms with Gasteiger partial charge in [0.05, 0.1) is 13.2 Å². The van der Waals surface area contributed by atoms with E-state index in [-0.39, 0.29) is 6.01 Å². The molecule has 25 heavy (non-hydrogen) atoms. The number of hydrogen-bond donors (Lipinski definition) is 1. The summed E-state index contributed by atoms with van der Waals surface area (Å²) in [5, 5.41) is 1.43. The Morgan fingerprint density at radius 1 is 1.20 bits per heavy atom. The van der Waals surface area contributed by atoms with Gasteiger partial charge in [-0.3, -0.25) is 5.01 Å². The van der Waals surface area contributed by atoms with Crippen LogP contribution in [-0.2, 0) is 4.74 Å². The summed E-state index contributed by atoms with van der Waals surface area (Å²) >= 11 is 0. The van der Waals surface area contributed by atoms with Gasteiger partial charge in [-0.2, -0.15) is 9.97 Å². The van der Waals surface area contributed by atoms with Crippen molar-refractivity contribution < 1.29 is 14.2 Å². The molecule has 0 aliphatic carbocycles. The standard InChI is InChI=1S/C16H22N6O3/c1-21(17)13-12-14(22-6-8-23-9-7-22)20-16(19-13)25-11-10-24-15-4-2-3-5-18-15/h2-5,12H,6-11,17H2,1H3. The summed E-state index contributed by atoms with van der Waals surface area (Å²) in [5.41, 5.74) is 0. The van der Waals surface area contributed by atoms with E-state index in [1.165, 1.54) is 5.01 Å². The lowest BCUT2D eigenvalue weighted by Crippen LogP contribution is -2.37. The molecule has 3 rings (SSSR count). The molecular formula is C16H22N6O3. The van der Waals surface area contributed by atoms with Crippen molar-refractivity contribution in [1.29, 1.82) is 0 Å². The van der Waals surface area contributed by atoms with Crippen LogP contribution in [0.2, 0.25) is 0 Å². The second-order valence-corrected chi connectivity index (χ2v) is 5.44. The van der Waals surface area contributed by atoms with Crippen molar-refractivity contribution in [3.8, 4) is 11.9 Å². The van der Waals surface area contributed by atoms with Crippen LogP contribution in [0.3, 0.4) is 0 Å². The van der Waals surface area contributed by atoms with Gasteiger partial charge < -0.3 is 19.1 Å². The van der Waals surface area contributed by atoms with Crippen molar-refractivity contribution in [3.63, 3.8) is 0 Å². The predicted octanol–water partition coefficient (Wildman–Crippen LogP) is 0.476. The number of anilines is 2. The van der Waals surface area contributed by atoms with Gasteiger partial charge in [0.25, 0.3) is 0 Å². The van der Waals surface area contributed by atoms with Crippen molar-refractivity contribution in [3.05, 3.63) is 30.5 Å². The first-order valence-electron chi connectivity index (χ1n) is 8.09. The summed E-state index contributed by atoms with van der Waals surface area (Å²) in [7, 11) is 1.72. The number of rotatable bonds is 7. The van der Waals surface area contributed by atoms with Crippen molar-refractivity contribution in [2.75, 3.05) is 56.5 Å². The second kappa shape index (κ2) is 8.45. The molecule has 1 aliphatic rings. The molecule has 2 N–H and O–H groups in total. The summed E-state index contributed by atoms with van der Waals surface area (Å²) in [5.74, 6) is 7.73. The number of aromatic nitrogens is 3. The molecule has 0 saturated carbocycles. The quantitative estimate of drug-likeness (QED) is 0.436. The Bertz CT molecular complexity index is 664. The van der Waals surface area contributed by atoms with Crippen LogP contribution in [-0.4, -0.2) is 61.5 Å². The Morgan fingerprint density at radius 3 is 2.72 bits per heavy atom. The lowest BCUT2D eigenvalue weighted by Gasteiger charge is -2.28. The first kappa shape index (κ1) is 17.2.